The summed E-state index contributed by atoms with van der Waals surface area (Å²) in [5, 5.41) is 14.9. The van der Waals surface area contributed by atoms with E-state index in [1.165, 1.54) is 0 Å². The molecule has 0 fully saturated rings. The lowest BCUT2D eigenvalue weighted by molar-refractivity contribution is 0.249. The standard InChI is InChI=1S/C12H13Cl2N3O/c1-12(2,6-15)7-16-11(18)17-10-4-8(13)3-9(14)5-10/h3-5H,7H2,1-2H3,(H2,16,17,18). The Balaban J connectivity index is 2.58. The Hall–Kier alpha value is -1.44. The summed E-state index contributed by atoms with van der Waals surface area (Å²) < 4.78 is 0. The number of benzene rings is 1. The number of carbonyl (C=O) groups excluding carboxylic acids is 1. The van der Waals surface area contributed by atoms with Gasteiger partial charge in [0, 0.05) is 22.3 Å². The molecule has 0 aromatic heterocycles. The molecule has 0 bridgehead atoms. The van der Waals surface area contributed by atoms with Gasteiger partial charge in [0.2, 0.25) is 0 Å². The van der Waals surface area contributed by atoms with Gasteiger partial charge in [-0.2, -0.15) is 5.26 Å². The van der Waals surface area contributed by atoms with Crippen LogP contribution >= 0.6 is 23.2 Å². The molecule has 0 unspecified atom stereocenters. The van der Waals surface area contributed by atoms with Gasteiger partial charge in [0.1, 0.15) is 0 Å². The number of hydrogen-bond donors (Lipinski definition) is 2. The van der Waals surface area contributed by atoms with E-state index in [0.717, 1.165) is 0 Å². The largest absolute Gasteiger partial charge is 0.336 e. The van der Waals surface area contributed by atoms with E-state index < -0.39 is 11.4 Å². The molecule has 2 N–H and O–H groups in total. The highest BCUT2D eigenvalue weighted by molar-refractivity contribution is 6.35. The summed E-state index contributed by atoms with van der Waals surface area (Å²) in [6.45, 7) is 3.73. The summed E-state index contributed by atoms with van der Waals surface area (Å²) >= 11 is 11.6. The predicted octanol–water partition coefficient (Wildman–Crippen LogP) is 3.66. The Kier molecular flexibility index (Phi) is 4.83. The van der Waals surface area contributed by atoms with Crippen LogP contribution in [0.4, 0.5) is 10.5 Å². The van der Waals surface area contributed by atoms with Crippen LogP contribution in [-0.2, 0) is 0 Å². The molecule has 0 saturated heterocycles. The number of nitrogens with one attached hydrogen (secondary N) is 2. The van der Waals surface area contributed by atoms with Crippen LogP contribution in [-0.4, -0.2) is 12.6 Å². The molecule has 0 saturated carbocycles. The minimum Gasteiger partial charge on any atom is -0.336 e. The van der Waals surface area contributed by atoms with Crippen molar-refractivity contribution >= 4 is 34.9 Å². The first-order valence-electron chi connectivity index (χ1n) is 5.24. The quantitative estimate of drug-likeness (QED) is 0.890. The van der Waals surface area contributed by atoms with Crippen LogP contribution < -0.4 is 10.6 Å². The van der Waals surface area contributed by atoms with Crippen molar-refractivity contribution in [2.24, 2.45) is 5.41 Å². The van der Waals surface area contributed by atoms with Crippen LogP contribution in [0.3, 0.4) is 0 Å². The SMILES string of the molecule is CC(C)(C#N)CNC(=O)Nc1cc(Cl)cc(Cl)c1. The molecule has 18 heavy (non-hydrogen) atoms. The number of halogens is 2. The third-order valence-corrected chi connectivity index (χ3v) is 2.55. The second kappa shape index (κ2) is 5.94. The maximum atomic E-state index is 11.6. The van der Waals surface area contributed by atoms with Crippen molar-refractivity contribution in [3.63, 3.8) is 0 Å². The molecule has 1 aromatic rings. The molecule has 0 aliphatic rings. The number of amides is 2. The van der Waals surface area contributed by atoms with Crippen molar-refractivity contribution in [3.8, 4) is 6.07 Å². The fraction of sp³-hybridized carbons (Fsp3) is 0.333. The lowest BCUT2D eigenvalue weighted by Gasteiger charge is -2.16. The number of nitrogens with zero attached hydrogens (tertiary/aromatic N) is 1. The first-order valence-corrected chi connectivity index (χ1v) is 6.00. The van der Waals surface area contributed by atoms with Crippen LogP contribution in [0.1, 0.15) is 13.8 Å². The number of anilines is 1. The van der Waals surface area contributed by atoms with Crippen LogP contribution in [0.2, 0.25) is 10.0 Å². The lowest BCUT2D eigenvalue weighted by atomic mass is 9.96. The van der Waals surface area contributed by atoms with Gasteiger partial charge in [-0.3, -0.25) is 0 Å². The van der Waals surface area contributed by atoms with Gasteiger partial charge in [0.15, 0.2) is 0 Å². The first kappa shape index (κ1) is 14.6. The number of carbonyl (C=O) groups is 1. The van der Waals surface area contributed by atoms with Gasteiger partial charge in [0.05, 0.1) is 11.5 Å². The molecule has 1 rings (SSSR count). The molecule has 4 nitrogen and oxygen atoms in total. The van der Waals surface area contributed by atoms with E-state index >= 15 is 0 Å². The fourth-order valence-corrected chi connectivity index (χ4v) is 1.67. The third-order valence-electron chi connectivity index (χ3n) is 2.11. The number of rotatable bonds is 3. The molecular formula is C12H13Cl2N3O. The van der Waals surface area contributed by atoms with Crippen molar-refractivity contribution in [3.05, 3.63) is 28.2 Å². The number of urea groups is 1. The van der Waals surface area contributed by atoms with Crippen molar-refractivity contribution < 1.29 is 4.79 Å². The van der Waals surface area contributed by atoms with Gasteiger partial charge in [-0.15, -0.1) is 0 Å². The van der Waals surface area contributed by atoms with Crippen LogP contribution in [0, 0.1) is 16.7 Å². The van der Waals surface area contributed by atoms with E-state index in [9.17, 15) is 4.79 Å². The van der Waals surface area contributed by atoms with Gasteiger partial charge < -0.3 is 10.6 Å². The minimum atomic E-state index is -0.608. The molecular weight excluding hydrogens is 273 g/mol. The topological polar surface area (TPSA) is 64.9 Å². The second-order valence-electron chi connectivity index (χ2n) is 4.46. The Morgan fingerprint density at radius 3 is 2.39 bits per heavy atom. The van der Waals surface area contributed by atoms with Gasteiger partial charge >= 0.3 is 6.03 Å². The highest BCUT2D eigenvalue weighted by Gasteiger charge is 2.17. The van der Waals surface area contributed by atoms with Crippen LogP contribution in [0.15, 0.2) is 18.2 Å². The zero-order valence-electron chi connectivity index (χ0n) is 10.1. The van der Waals surface area contributed by atoms with E-state index in [2.05, 4.69) is 16.7 Å². The van der Waals surface area contributed by atoms with E-state index in [4.69, 9.17) is 28.5 Å². The average Bonchev–Trinajstić information content (AvgIpc) is 2.25. The first-order chi connectivity index (χ1) is 8.32. The molecule has 0 radical (unpaired) electrons. The van der Waals surface area contributed by atoms with Crippen molar-refractivity contribution in [2.75, 3.05) is 11.9 Å². The molecule has 0 aliphatic carbocycles. The summed E-state index contributed by atoms with van der Waals surface area (Å²) in [7, 11) is 0. The second-order valence-corrected chi connectivity index (χ2v) is 5.33. The summed E-state index contributed by atoms with van der Waals surface area (Å²) in [6, 6.07) is 6.43. The summed E-state index contributed by atoms with van der Waals surface area (Å²) in [6.07, 6.45) is 0. The summed E-state index contributed by atoms with van der Waals surface area (Å²) in [5.74, 6) is 0. The molecule has 2 amide bonds. The van der Waals surface area contributed by atoms with Crippen molar-refractivity contribution in [2.45, 2.75) is 13.8 Å². The van der Waals surface area contributed by atoms with Gasteiger partial charge in [-0.05, 0) is 32.0 Å². The number of hydrogen-bond acceptors (Lipinski definition) is 2. The lowest BCUT2D eigenvalue weighted by Crippen LogP contribution is -2.36. The predicted molar refractivity (Wildman–Crippen MR) is 72.9 cm³/mol. The van der Waals surface area contributed by atoms with Crippen molar-refractivity contribution in [1.29, 1.82) is 5.26 Å². The van der Waals surface area contributed by atoms with Crippen LogP contribution in [0.5, 0.6) is 0 Å². The van der Waals surface area contributed by atoms with Gasteiger partial charge in [-0.25, -0.2) is 4.79 Å². The molecule has 0 aliphatic heterocycles. The maximum Gasteiger partial charge on any atom is 0.319 e. The van der Waals surface area contributed by atoms with E-state index in [1.807, 2.05) is 0 Å². The third kappa shape index (κ3) is 4.82. The molecule has 1 aromatic carbocycles. The fourth-order valence-electron chi connectivity index (χ4n) is 1.14. The van der Waals surface area contributed by atoms with Crippen LogP contribution in [0.25, 0.3) is 0 Å². The molecule has 0 heterocycles. The zero-order chi connectivity index (χ0) is 13.8. The molecule has 0 atom stereocenters. The van der Waals surface area contributed by atoms with E-state index in [0.29, 0.717) is 15.7 Å². The maximum absolute atomic E-state index is 11.6. The zero-order valence-corrected chi connectivity index (χ0v) is 11.6. The smallest absolute Gasteiger partial charge is 0.319 e. The minimum absolute atomic E-state index is 0.254. The normalized spacial score (nSPS) is 10.6. The van der Waals surface area contributed by atoms with Gasteiger partial charge in [-0.1, -0.05) is 23.2 Å². The average molecular weight is 286 g/mol. The molecule has 96 valence electrons. The Morgan fingerprint density at radius 2 is 1.89 bits per heavy atom. The Bertz CT molecular complexity index is 474. The highest BCUT2D eigenvalue weighted by Crippen LogP contribution is 2.22. The summed E-state index contributed by atoms with van der Waals surface area (Å²) in [5.41, 5.74) is -0.108. The van der Waals surface area contributed by atoms with Gasteiger partial charge in [0.25, 0.3) is 0 Å². The van der Waals surface area contributed by atoms with E-state index in [-0.39, 0.29) is 6.54 Å². The monoisotopic (exact) mass is 285 g/mol. The highest BCUT2D eigenvalue weighted by atomic mass is 35.5. The van der Waals surface area contributed by atoms with E-state index in [1.54, 1.807) is 32.0 Å². The number of nitriles is 1. The summed E-state index contributed by atoms with van der Waals surface area (Å²) in [4.78, 5) is 11.6. The molecule has 0 spiro atoms. The Morgan fingerprint density at radius 1 is 1.33 bits per heavy atom. The van der Waals surface area contributed by atoms with Crippen molar-refractivity contribution in [1.82, 2.24) is 5.32 Å². The Labute approximate surface area is 116 Å². The molecule has 6 heteroatoms.